The highest BCUT2D eigenvalue weighted by Crippen LogP contribution is 2.23. The molecule has 0 spiro atoms. The van der Waals surface area contributed by atoms with Crippen molar-refractivity contribution in [1.29, 1.82) is 0 Å². The summed E-state index contributed by atoms with van der Waals surface area (Å²) in [5.74, 6) is -0.00163. The number of carbonyl (C=O) groups is 1. The summed E-state index contributed by atoms with van der Waals surface area (Å²) >= 11 is 0. The maximum absolute atomic E-state index is 12.0. The lowest BCUT2D eigenvalue weighted by atomic mass is 10.1. The van der Waals surface area contributed by atoms with Crippen molar-refractivity contribution >= 4 is 28.2 Å². The SMILES string of the molecule is Cc1cccc2c(NCCC(=O)Nc3ccccc3)ccnc12. The van der Waals surface area contributed by atoms with Gasteiger partial charge in [-0.25, -0.2) is 0 Å². The van der Waals surface area contributed by atoms with Gasteiger partial charge in [0.1, 0.15) is 0 Å². The fourth-order valence-corrected chi connectivity index (χ4v) is 2.53. The summed E-state index contributed by atoms with van der Waals surface area (Å²) in [6.45, 7) is 2.62. The number of aromatic nitrogens is 1. The van der Waals surface area contributed by atoms with Crippen LogP contribution in [0.15, 0.2) is 60.8 Å². The Morgan fingerprint density at radius 2 is 1.87 bits per heavy atom. The number of hydrogen-bond donors (Lipinski definition) is 2. The first-order chi connectivity index (χ1) is 11.2. The van der Waals surface area contributed by atoms with Crippen LogP contribution in [-0.4, -0.2) is 17.4 Å². The minimum atomic E-state index is -0.00163. The van der Waals surface area contributed by atoms with Crippen molar-refractivity contribution in [2.75, 3.05) is 17.2 Å². The van der Waals surface area contributed by atoms with Gasteiger partial charge < -0.3 is 10.6 Å². The minimum Gasteiger partial charge on any atom is -0.384 e. The Kier molecular flexibility index (Phi) is 4.52. The average molecular weight is 305 g/mol. The molecular formula is C19H19N3O. The van der Waals surface area contributed by atoms with Crippen molar-refractivity contribution in [3.63, 3.8) is 0 Å². The molecule has 4 heteroatoms. The van der Waals surface area contributed by atoms with E-state index in [1.807, 2.05) is 61.5 Å². The van der Waals surface area contributed by atoms with E-state index in [-0.39, 0.29) is 5.91 Å². The number of carbonyl (C=O) groups excluding carboxylic acids is 1. The predicted molar refractivity (Wildman–Crippen MR) is 94.7 cm³/mol. The third-order valence-electron chi connectivity index (χ3n) is 3.70. The smallest absolute Gasteiger partial charge is 0.226 e. The standard InChI is InChI=1S/C19H19N3O/c1-14-6-5-9-16-17(10-12-21-19(14)16)20-13-11-18(23)22-15-7-3-2-4-8-15/h2-10,12H,11,13H2,1H3,(H,20,21)(H,22,23). The molecule has 4 nitrogen and oxygen atoms in total. The van der Waals surface area contributed by atoms with Crippen molar-refractivity contribution in [1.82, 2.24) is 4.98 Å². The Hall–Kier alpha value is -2.88. The summed E-state index contributed by atoms with van der Waals surface area (Å²) < 4.78 is 0. The van der Waals surface area contributed by atoms with E-state index in [0.717, 1.165) is 27.8 Å². The largest absolute Gasteiger partial charge is 0.384 e. The highest BCUT2D eigenvalue weighted by Gasteiger charge is 2.05. The highest BCUT2D eigenvalue weighted by atomic mass is 16.1. The van der Waals surface area contributed by atoms with Gasteiger partial charge in [0.05, 0.1) is 5.52 Å². The Bertz CT molecular complexity index is 815. The molecule has 2 N–H and O–H groups in total. The molecule has 0 fully saturated rings. The zero-order valence-electron chi connectivity index (χ0n) is 13.0. The van der Waals surface area contributed by atoms with Crippen molar-refractivity contribution in [2.24, 2.45) is 0 Å². The quantitative estimate of drug-likeness (QED) is 0.749. The van der Waals surface area contributed by atoms with Crippen LogP contribution in [0.5, 0.6) is 0 Å². The Labute approximate surface area is 135 Å². The van der Waals surface area contributed by atoms with Crippen LogP contribution in [0.2, 0.25) is 0 Å². The van der Waals surface area contributed by atoms with E-state index >= 15 is 0 Å². The van der Waals surface area contributed by atoms with Gasteiger partial charge >= 0.3 is 0 Å². The topological polar surface area (TPSA) is 54.0 Å². The zero-order chi connectivity index (χ0) is 16.1. The molecule has 0 saturated heterocycles. The van der Waals surface area contributed by atoms with E-state index in [0.29, 0.717) is 13.0 Å². The number of pyridine rings is 1. The van der Waals surface area contributed by atoms with Gasteiger partial charge in [0.2, 0.25) is 5.91 Å². The van der Waals surface area contributed by atoms with E-state index in [9.17, 15) is 4.79 Å². The van der Waals surface area contributed by atoms with E-state index in [2.05, 4.69) is 15.6 Å². The fraction of sp³-hybridized carbons (Fsp3) is 0.158. The van der Waals surface area contributed by atoms with Crippen LogP contribution in [0.1, 0.15) is 12.0 Å². The Balaban J connectivity index is 1.61. The zero-order valence-corrected chi connectivity index (χ0v) is 13.0. The number of anilines is 2. The molecule has 1 aromatic heterocycles. The monoisotopic (exact) mass is 305 g/mol. The third-order valence-corrected chi connectivity index (χ3v) is 3.70. The second-order valence-electron chi connectivity index (χ2n) is 5.42. The summed E-state index contributed by atoms with van der Waals surface area (Å²) in [4.78, 5) is 16.4. The molecule has 3 aromatic rings. The van der Waals surface area contributed by atoms with Crippen LogP contribution in [0.4, 0.5) is 11.4 Å². The molecule has 0 aliphatic heterocycles. The van der Waals surface area contributed by atoms with Gasteiger partial charge in [0.25, 0.3) is 0 Å². The van der Waals surface area contributed by atoms with Crippen LogP contribution in [0.25, 0.3) is 10.9 Å². The Morgan fingerprint density at radius 3 is 2.70 bits per heavy atom. The number of nitrogens with one attached hydrogen (secondary N) is 2. The summed E-state index contributed by atoms with van der Waals surface area (Å²) in [6, 6.07) is 17.5. The number of para-hydroxylation sites is 2. The molecule has 0 aliphatic carbocycles. The molecule has 0 saturated carbocycles. The molecular weight excluding hydrogens is 286 g/mol. The number of aryl methyl sites for hydroxylation is 1. The number of nitrogens with zero attached hydrogens (tertiary/aromatic N) is 1. The molecule has 116 valence electrons. The fourth-order valence-electron chi connectivity index (χ4n) is 2.53. The summed E-state index contributed by atoms with van der Waals surface area (Å²) in [5.41, 5.74) is 3.97. The van der Waals surface area contributed by atoms with E-state index in [1.165, 1.54) is 0 Å². The van der Waals surface area contributed by atoms with Gasteiger partial charge in [0.15, 0.2) is 0 Å². The lowest BCUT2D eigenvalue weighted by molar-refractivity contribution is -0.115. The molecule has 0 radical (unpaired) electrons. The predicted octanol–water partition coefficient (Wildman–Crippen LogP) is 3.98. The molecule has 3 rings (SSSR count). The number of benzene rings is 2. The third kappa shape index (κ3) is 3.66. The second kappa shape index (κ2) is 6.92. The van der Waals surface area contributed by atoms with E-state index in [1.54, 1.807) is 6.20 Å². The van der Waals surface area contributed by atoms with Crippen LogP contribution >= 0.6 is 0 Å². The van der Waals surface area contributed by atoms with Gasteiger partial charge in [-0.1, -0.05) is 36.4 Å². The number of rotatable bonds is 5. The van der Waals surface area contributed by atoms with Crippen molar-refractivity contribution in [3.8, 4) is 0 Å². The maximum Gasteiger partial charge on any atom is 0.226 e. The van der Waals surface area contributed by atoms with Crippen molar-refractivity contribution < 1.29 is 4.79 Å². The lowest BCUT2D eigenvalue weighted by Gasteiger charge is -2.10. The average Bonchev–Trinajstić information content (AvgIpc) is 2.56. The van der Waals surface area contributed by atoms with Crippen LogP contribution in [-0.2, 0) is 4.79 Å². The summed E-state index contributed by atoms with van der Waals surface area (Å²) in [5, 5.41) is 7.29. The highest BCUT2D eigenvalue weighted by molar-refractivity contribution is 5.93. The molecule has 1 heterocycles. The number of fused-ring (bicyclic) bond motifs is 1. The Morgan fingerprint density at radius 1 is 1.04 bits per heavy atom. The van der Waals surface area contributed by atoms with Gasteiger partial charge in [-0.2, -0.15) is 0 Å². The van der Waals surface area contributed by atoms with Crippen LogP contribution in [0, 0.1) is 6.92 Å². The number of amides is 1. The van der Waals surface area contributed by atoms with E-state index in [4.69, 9.17) is 0 Å². The molecule has 0 atom stereocenters. The first-order valence-electron chi connectivity index (χ1n) is 7.67. The second-order valence-corrected chi connectivity index (χ2v) is 5.42. The summed E-state index contributed by atoms with van der Waals surface area (Å²) in [7, 11) is 0. The lowest BCUT2D eigenvalue weighted by Crippen LogP contribution is -2.16. The maximum atomic E-state index is 12.0. The molecule has 1 amide bonds. The van der Waals surface area contributed by atoms with Gasteiger partial charge in [-0.3, -0.25) is 9.78 Å². The molecule has 23 heavy (non-hydrogen) atoms. The molecule has 0 bridgehead atoms. The molecule has 0 unspecified atom stereocenters. The van der Waals surface area contributed by atoms with Gasteiger partial charge in [-0.15, -0.1) is 0 Å². The van der Waals surface area contributed by atoms with Crippen molar-refractivity contribution in [2.45, 2.75) is 13.3 Å². The first-order valence-corrected chi connectivity index (χ1v) is 7.67. The molecule has 0 aliphatic rings. The van der Waals surface area contributed by atoms with Crippen LogP contribution < -0.4 is 10.6 Å². The molecule has 2 aromatic carbocycles. The number of hydrogen-bond acceptors (Lipinski definition) is 3. The van der Waals surface area contributed by atoms with Gasteiger partial charge in [-0.05, 0) is 30.7 Å². The first kappa shape index (κ1) is 15.0. The van der Waals surface area contributed by atoms with E-state index < -0.39 is 0 Å². The van der Waals surface area contributed by atoms with Crippen molar-refractivity contribution in [3.05, 3.63) is 66.4 Å². The van der Waals surface area contributed by atoms with Crippen LogP contribution in [0.3, 0.4) is 0 Å². The normalized spacial score (nSPS) is 10.5. The summed E-state index contributed by atoms with van der Waals surface area (Å²) in [6.07, 6.45) is 2.20. The minimum absolute atomic E-state index is 0.00163. The van der Waals surface area contributed by atoms with Gasteiger partial charge in [0, 0.05) is 35.9 Å².